The predicted octanol–water partition coefficient (Wildman–Crippen LogP) is 2.99. The fourth-order valence-electron chi connectivity index (χ4n) is 2.68. The maximum absolute atomic E-state index is 12.4. The number of hydrogen-bond donors (Lipinski definition) is 1. The van der Waals surface area contributed by atoms with Crippen LogP contribution in [0.25, 0.3) is 0 Å². The van der Waals surface area contributed by atoms with Crippen LogP contribution in [0.15, 0.2) is 18.2 Å². The molecule has 0 bridgehead atoms. The number of nitrogens with two attached hydrogens (primary N) is 1. The Labute approximate surface area is 126 Å². The van der Waals surface area contributed by atoms with E-state index in [0.29, 0.717) is 5.69 Å². The van der Waals surface area contributed by atoms with Crippen LogP contribution in [-0.2, 0) is 6.42 Å². The molecule has 0 saturated carbocycles. The molecule has 1 aromatic carbocycles. The first-order valence-corrected chi connectivity index (χ1v) is 7.52. The van der Waals surface area contributed by atoms with Crippen molar-refractivity contribution in [3.63, 3.8) is 0 Å². The van der Waals surface area contributed by atoms with Gasteiger partial charge in [-0.1, -0.05) is 12.5 Å². The van der Waals surface area contributed by atoms with Gasteiger partial charge in [0.1, 0.15) is 0 Å². The van der Waals surface area contributed by atoms with Gasteiger partial charge in [0.2, 0.25) is 0 Å². The zero-order chi connectivity index (χ0) is 15.5. The van der Waals surface area contributed by atoms with E-state index in [1.165, 1.54) is 0 Å². The van der Waals surface area contributed by atoms with E-state index in [0.717, 1.165) is 49.9 Å². The van der Waals surface area contributed by atoms with E-state index >= 15 is 0 Å². The summed E-state index contributed by atoms with van der Waals surface area (Å²) in [6, 6.07) is 7.90. The second-order valence-electron chi connectivity index (χ2n) is 6.41. The van der Waals surface area contributed by atoms with Crippen molar-refractivity contribution >= 4 is 11.6 Å². The highest BCUT2D eigenvalue weighted by atomic mass is 16.2. The van der Waals surface area contributed by atoms with Crippen molar-refractivity contribution in [2.75, 3.05) is 18.8 Å². The van der Waals surface area contributed by atoms with E-state index in [9.17, 15) is 4.79 Å². The van der Waals surface area contributed by atoms with Gasteiger partial charge in [-0.25, -0.2) is 0 Å². The van der Waals surface area contributed by atoms with E-state index in [-0.39, 0.29) is 11.3 Å². The Bertz CT molecular complexity index is 572. The Hall–Kier alpha value is -2.02. The summed E-state index contributed by atoms with van der Waals surface area (Å²) in [5, 5.41) is 8.99. The van der Waals surface area contributed by atoms with Gasteiger partial charge in [0.05, 0.1) is 11.5 Å². The van der Waals surface area contributed by atoms with Crippen LogP contribution in [0.4, 0.5) is 5.69 Å². The van der Waals surface area contributed by atoms with Crippen LogP contribution in [0.2, 0.25) is 0 Å². The van der Waals surface area contributed by atoms with Gasteiger partial charge in [-0.2, -0.15) is 5.26 Å². The van der Waals surface area contributed by atoms with Gasteiger partial charge < -0.3 is 10.6 Å². The average molecular weight is 285 g/mol. The number of anilines is 1. The molecule has 0 unspecified atom stereocenters. The van der Waals surface area contributed by atoms with Gasteiger partial charge in [0, 0.05) is 24.3 Å². The lowest BCUT2D eigenvalue weighted by Crippen LogP contribution is -2.38. The molecule has 21 heavy (non-hydrogen) atoms. The highest BCUT2D eigenvalue weighted by Crippen LogP contribution is 2.24. The monoisotopic (exact) mass is 285 g/mol. The number of nitrogen functional groups attached to an aromatic ring is 1. The number of rotatable bonds is 5. The fraction of sp³-hybridized carbons (Fsp3) is 0.529. The molecule has 0 aromatic heterocycles. The number of unbranched alkanes of at least 4 members (excludes halogenated alkanes) is 1. The van der Waals surface area contributed by atoms with Crippen LogP contribution in [-0.4, -0.2) is 23.9 Å². The standard InChI is InChI=1S/C17H23N3O/c1-17(2,12-18)8-3-4-9-20-10-7-13-5-6-14(19)11-15(13)16(20)21/h5-6,11H,3-4,7-10,19H2,1-2H3. The molecule has 2 N–H and O–H groups in total. The molecule has 1 aliphatic rings. The predicted molar refractivity (Wildman–Crippen MR) is 83.7 cm³/mol. The Morgan fingerprint density at radius 1 is 1.38 bits per heavy atom. The van der Waals surface area contributed by atoms with Crippen LogP contribution < -0.4 is 5.73 Å². The molecule has 112 valence electrons. The number of carbonyl (C=O) groups is 1. The number of nitriles is 1. The lowest BCUT2D eigenvalue weighted by Gasteiger charge is -2.29. The van der Waals surface area contributed by atoms with Crippen LogP contribution in [0.3, 0.4) is 0 Å². The van der Waals surface area contributed by atoms with Crippen molar-refractivity contribution in [2.24, 2.45) is 5.41 Å². The number of fused-ring (bicyclic) bond motifs is 1. The third-order valence-corrected chi connectivity index (χ3v) is 4.09. The molecule has 0 fully saturated rings. The third kappa shape index (κ3) is 3.75. The number of nitrogens with zero attached hydrogens (tertiary/aromatic N) is 2. The van der Waals surface area contributed by atoms with Gasteiger partial charge in [0.15, 0.2) is 0 Å². The lowest BCUT2D eigenvalue weighted by atomic mass is 9.89. The SMILES string of the molecule is CC(C)(C#N)CCCCN1CCc2ccc(N)cc2C1=O. The first-order chi connectivity index (χ1) is 9.93. The van der Waals surface area contributed by atoms with Crippen molar-refractivity contribution in [1.29, 1.82) is 5.26 Å². The summed E-state index contributed by atoms with van der Waals surface area (Å²) in [6.07, 6.45) is 3.67. The Morgan fingerprint density at radius 2 is 2.14 bits per heavy atom. The van der Waals surface area contributed by atoms with Crippen LogP contribution in [0.1, 0.15) is 49.0 Å². The van der Waals surface area contributed by atoms with Crippen LogP contribution >= 0.6 is 0 Å². The summed E-state index contributed by atoms with van der Waals surface area (Å²) >= 11 is 0. The summed E-state index contributed by atoms with van der Waals surface area (Å²) in [4.78, 5) is 14.3. The average Bonchev–Trinajstić information content (AvgIpc) is 2.46. The Morgan fingerprint density at radius 3 is 2.86 bits per heavy atom. The summed E-state index contributed by atoms with van der Waals surface area (Å²) in [5.74, 6) is 0.0862. The van der Waals surface area contributed by atoms with Gasteiger partial charge in [-0.05, 0) is 50.8 Å². The molecule has 0 atom stereocenters. The quantitative estimate of drug-likeness (QED) is 0.668. The molecule has 4 heteroatoms. The lowest BCUT2D eigenvalue weighted by molar-refractivity contribution is 0.0736. The summed E-state index contributed by atoms with van der Waals surface area (Å²) < 4.78 is 0. The molecule has 0 saturated heterocycles. The minimum absolute atomic E-state index is 0.0862. The molecular formula is C17H23N3O. The van der Waals surface area contributed by atoms with Gasteiger partial charge in [-0.3, -0.25) is 4.79 Å². The second kappa shape index (κ2) is 6.17. The minimum atomic E-state index is -0.271. The molecule has 0 radical (unpaired) electrons. The minimum Gasteiger partial charge on any atom is -0.399 e. The molecule has 0 aliphatic carbocycles. The molecule has 1 amide bonds. The molecule has 1 heterocycles. The Balaban J connectivity index is 1.89. The highest BCUT2D eigenvalue weighted by Gasteiger charge is 2.24. The normalized spacial score (nSPS) is 14.7. The van der Waals surface area contributed by atoms with E-state index in [1.807, 2.05) is 30.9 Å². The number of amides is 1. The van der Waals surface area contributed by atoms with E-state index < -0.39 is 0 Å². The zero-order valence-electron chi connectivity index (χ0n) is 12.9. The van der Waals surface area contributed by atoms with Crippen LogP contribution in [0, 0.1) is 16.7 Å². The maximum atomic E-state index is 12.4. The van der Waals surface area contributed by atoms with Crippen LogP contribution in [0.5, 0.6) is 0 Å². The molecule has 1 aliphatic heterocycles. The van der Waals surface area contributed by atoms with Crippen molar-refractivity contribution < 1.29 is 4.79 Å². The molecule has 1 aromatic rings. The number of hydrogen-bond acceptors (Lipinski definition) is 3. The molecule has 2 rings (SSSR count). The second-order valence-corrected chi connectivity index (χ2v) is 6.41. The van der Waals surface area contributed by atoms with Crippen molar-refractivity contribution in [2.45, 2.75) is 39.5 Å². The smallest absolute Gasteiger partial charge is 0.254 e. The summed E-state index contributed by atoms with van der Waals surface area (Å²) in [5.41, 5.74) is 7.98. The van der Waals surface area contributed by atoms with Gasteiger partial charge in [0.25, 0.3) is 5.91 Å². The zero-order valence-corrected chi connectivity index (χ0v) is 12.9. The number of carbonyl (C=O) groups excluding carboxylic acids is 1. The first kappa shape index (κ1) is 15.4. The van der Waals surface area contributed by atoms with E-state index in [1.54, 1.807) is 6.07 Å². The first-order valence-electron chi connectivity index (χ1n) is 7.52. The molecular weight excluding hydrogens is 262 g/mol. The van der Waals surface area contributed by atoms with Crippen molar-refractivity contribution in [3.8, 4) is 6.07 Å². The largest absolute Gasteiger partial charge is 0.399 e. The third-order valence-electron chi connectivity index (χ3n) is 4.09. The van der Waals surface area contributed by atoms with Crippen molar-refractivity contribution in [3.05, 3.63) is 29.3 Å². The molecule has 0 spiro atoms. The highest BCUT2D eigenvalue weighted by molar-refractivity contribution is 5.97. The molecule has 4 nitrogen and oxygen atoms in total. The van der Waals surface area contributed by atoms with Gasteiger partial charge in [-0.15, -0.1) is 0 Å². The summed E-state index contributed by atoms with van der Waals surface area (Å²) in [7, 11) is 0. The Kier molecular flexibility index (Phi) is 4.52. The van der Waals surface area contributed by atoms with E-state index in [4.69, 9.17) is 11.0 Å². The van der Waals surface area contributed by atoms with E-state index in [2.05, 4.69) is 6.07 Å². The topological polar surface area (TPSA) is 70.1 Å². The number of benzene rings is 1. The summed E-state index contributed by atoms with van der Waals surface area (Å²) in [6.45, 7) is 5.45. The maximum Gasteiger partial charge on any atom is 0.254 e. The van der Waals surface area contributed by atoms with Gasteiger partial charge >= 0.3 is 0 Å². The van der Waals surface area contributed by atoms with Crippen molar-refractivity contribution in [1.82, 2.24) is 4.90 Å². The fourth-order valence-corrected chi connectivity index (χ4v) is 2.68.